The highest BCUT2D eigenvalue weighted by atomic mass is 79.9. The quantitative estimate of drug-likeness (QED) is 0.271. The highest BCUT2D eigenvalue weighted by Gasteiger charge is 2.16. The van der Waals surface area contributed by atoms with Gasteiger partial charge in [-0.05, 0) is 72.5 Å². The van der Waals surface area contributed by atoms with Crippen molar-refractivity contribution in [3.8, 4) is 28.2 Å². The molecule has 4 aromatic rings. The van der Waals surface area contributed by atoms with Crippen LogP contribution in [0.3, 0.4) is 0 Å². The topological polar surface area (TPSA) is 34.0 Å². The Hall–Kier alpha value is -3.11. The summed E-state index contributed by atoms with van der Waals surface area (Å²) in [5, 5.41) is 3.02. The van der Waals surface area contributed by atoms with Crippen LogP contribution in [0.2, 0.25) is 0 Å². The number of aryl methyl sites for hydroxylation is 1. The van der Waals surface area contributed by atoms with Crippen molar-refractivity contribution >= 4 is 21.8 Å². The number of nitrogens with one attached hydrogen (secondary N) is 1. The summed E-state index contributed by atoms with van der Waals surface area (Å²) >= 11 is 3.53. The minimum absolute atomic E-state index is 0.0255. The maximum atomic E-state index is 12.6. The first-order valence-electron chi connectivity index (χ1n) is 11.0. The van der Waals surface area contributed by atoms with Gasteiger partial charge in [0.2, 0.25) is 0 Å². The zero-order valence-electron chi connectivity index (χ0n) is 18.4. The third-order valence-corrected chi connectivity index (χ3v) is 6.14. The van der Waals surface area contributed by atoms with Crippen LogP contribution >= 0.6 is 15.9 Å². The van der Waals surface area contributed by atoms with E-state index < -0.39 is 0 Å². The van der Waals surface area contributed by atoms with Crippen molar-refractivity contribution < 1.29 is 4.79 Å². The molecule has 1 heterocycles. The van der Waals surface area contributed by atoms with Crippen LogP contribution < -0.4 is 5.32 Å². The van der Waals surface area contributed by atoms with Crippen molar-refractivity contribution in [3.05, 3.63) is 101 Å². The first-order valence-corrected chi connectivity index (χ1v) is 11.8. The van der Waals surface area contributed by atoms with E-state index >= 15 is 0 Å². The van der Waals surface area contributed by atoms with Crippen LogP contribution in [0, 0.1) is 6.92 Å². The fourth-order valence-electron chi connectivity index (χ4n) is 3.88. The Morgan fingerprint density at radius 2 is 1.59 bits per heavy atom. The second-order valence-electron chi connectivity index (χ2n) is 7.92. The maximum Gasteiger partial charge on any atom is 0.251 e. The monoisotopic (exact) mass is 486 g/mol. The average molecular weight is 487 g/mol. The lowest BCUT2D eigenvalue weighted by Crippen LogP contribution is -2.24. The van der Waals surface area contributed by atoms with Crippen LogP contribution in [0.1, 0.15) is 35.7 Å². The van der Waals surface area contributed by atoms with Gasteiger partial charge in [0.05, 0.1) is 11.4 Å². The Kier molecular flexibility index (Phi) is 6.91. The highest BCUT2D eigenvalue weighted by Crippen LogP contribution is 2.34. The van der Waals surface area contributed by atoms with Crippen LogP contribution in [0.5, 0.6) is 0 Å². The van der Waals surface area contributed by atoms with Crippen LogP contribution in [0.4, 0.5) is 0 Å². The zero-order valence-corrected chi connectivity index (χ0v) is 20.0. The minimum atomic E-state index is -0.0255. The van der Waals surface area contributed by atoms with Gasteiger partial charge < -0.3 is 9.88 Å². The summed E-state index contributed by atoms with van der Waals surface area (Å²) in [6.07, 6.45) is 2.04. The van der Waals surface area contributed by atoms with E-state index in [1.807, 2.05) is 18.2 Å². The molecular weight excluding hydrogens is 460 g/mol. The largest absolute Gasteiger partial charge is 0.352 e. The number of aromatic nitrogens is 1. The molecule has 0 spiro atoms. The Morgan fingerprint density at radius 1 is 0.875 bits per heavy atom. The van der Waals surface area contributed by atoms with Gasteiger partial charge in [-0.3, -0.25) is 4.79 Å². The number of rotatable bonds is 7. The highest BCUT2D eigenvalue weighted by molar-refractivity contribution is 9.10. The van der Waals surface area contributed by atoms with Crippen LogP contribution in [-0.4, -0.2) is 17.0 Å². The summed E-state index contributed by atoms with van der Waals surface area (Å²) in [7, 11) is 0. The van der Waals surface area contributed by atoms with Gasteiger partial charge in [0.15, 0.2) is 0 Å². The standard InChI is InChI=1S/C28H27BrN2O/c1-3-4-18-30-28(32)23-10-7-9-22(19-23)27-17-16-26(21-12-14-24(29)15-13-21)31(27)25-11-6-5-8-20(25)2/h5-17,19H,3-4,18H2,1-2H3,(H,30,32). The van der Waals surface area contributed by atoms with E-state index in [2.05, 4.69) is 106 Å². The molecule has 1 amide bonds. The van der Waals surface area contributed by atoms with Crippen molar-refractivity contribution in [1.29, 1.82) is 0 Å². The minimum Gasteiger partial charge on any atom is -0.352 e. The predicted octanol–water partition coefficient (Wildman–Crippen LogP) is 7.41. The van der Waals surface area contributed by atoms with Crippen molar-refractivity contribution in [2.75, 3.05) is 6.54 Å². The fourth-order valence-corrected chi connectivity index (χ4v) is 4.15. The summed E-state index contributed by atoms with van der Waals surface area (Å²) in [6, 6.07) is 28.9. The van der Waals surface area contributed by atoms with Crippen molar-refractivity contribution in [3.63, 3.8) is 0 Å². The molecule has 0 unspecified atom stereocenters. The second kappa shape index (κ2) is 10.0. The van der Waals surface area contributed by atoms with Crippen LogP contribution in [0.25, 0.3) is 28.2 Å². The van der Waals surface area contributed by atoms with Gasteiger partial charge in [0.1, 0.15) is 0 Å². The van der Waals surface area contributed by atoms with Crippen molar-refractivity contribution in [2.45, 2.75) is 26.7 Å². The van der Waals surface area contributed by atoms with Crippen molar-refractivity contribution in [1.82, 2.24) is 9.88 Å². The molecule has 32 heavy (non-hydrogen) atoms. The fraction of sp³-hybridized carbons (Fsp3) is 0.179. The van der Waals surface area contributed by atoms with Crippen LogP contribution in [-0.2, 0) is 0 Å². The molecule has 4 heteroatoms. The third-order valence-electron chi connectivity index (χ3n) is 5.61. The van der Waals surface area contributed by atoms with Gasteiger partial charge in [0, 0.05) is 22.3 Å². The van der Waals surface area contributed by atoms with Gasteiger partial charge >= 0.3 is 0 Å². The van der Waals surface area contributed by atoms with Gasteiger partial charge in [0.25, 0.3) is 5.91 Å². The Bertz CT molecular complexity index is 1220. The molecular formula is C28H27BrN2O. The number of benzene rings is 3. The molecule has 0 aliphatic rings. The summed E-state index contributed by atoms with van der Waals surface area (Å²) in [4.78, 5) is 12.6. The maximum absolute atomic E-state index is 12.6. The van der Waals surface area contributed by atoms with E-state index in [-0.39, 0.29) is 5.91 Å². The van der Waals surface area contributed by atoms with Gasteiger partial charge in [-0.15, -0.1) is 0 Å². The normalized spacial score (nSPS) is 10.8. The SMILES string of the molecule is CCCCNC(=O)c1cccc(-c2ccc(-c3ccc(Br)cc3)n2-c2ccccc2C)c1. The number of amides is 1. The molecule has 1 N–H and O–H groups in total. The molecule has 3 nitrogen and oxygen atoms in total. The Morgan fingerprint density at radius 3 is 2.31 bits per heavy atom. The number of carbonyl (C=O) groups is 1. The summed E-state index contributed by atoms with van der Waals surface area (Å²) in [5.74, 6) is -0.0255. The van der Waals surface area contributed by atoms with Crippen molar-refractivity contribution in [2.24, 2.45) is 0 Å². The molecule has 0 saturated carbocycles. The molecule has 1 aromatic heterocycles. The molecule has 0 radical (unpaired) electrons. The van der Waals surface area contributed by atoms with E-state index in [1.54, 1.807) is 0 Å². The second-order valence-corrected chi connectivity index (χ2v) is 8.84. The van der Waals surface area contributed by atoms with E-state index in [0.29, 0.717) is 12.1 Å². The first kappa shape index (κ1) is 22.1. The summed E-state index contributed by atoms with van der Waals surface area (Å²) in [5.41, 5.74) is 7.32. The molecule has 0 atom stereocenters. The average Bonchev–Trinajstić information content (AvgIpc) is 3.25. The lowest BCUT2D eigenvalue weighted by molar-refractivity contribution is 0.0953. The lowest BCUT2D eigenvalue weighted by Gasteiger charge is -2.17. The smallest absolute Gasteiger partial charge is 0.251 e. The molecule has 0 aliphatic carbocycles. The van der Waals surface area contributed by atoms with E-state index in [9.17, 15) is 4.79 Å². The first-order chi connectivity index (χ1) is 15.6. The number of halogens is 1. The molecule has 0 bridgehead atoms. The number of hydrogen-bond donors (Lipinski definition) is 1. The molecule has 162 valence electrons. The molecule has 4 rings (SSSR count). The third kappa shape index (κ3) is 4.71. The Labute approximate surface area is 198 Å². The number of para-hydroxylation sites is 1. The number of hydrogen-bond acceptors (Lipinski definition) is 1. The Balaban J connectivity index is 1.82. The van der Waals surface area contributed by atoms with Gasteiger partial charge in [-0.1, -0.05) is 71.7 Å². The summed E-state index contributed by atoms with van der Waals surface area (Å²) < 4.78 is 3.34. The zero-order chi connectivity index (χ0) is 22.5. The van der Waals surface area contributed by atoms with Gasteiger partial charge in [-0.25, -0.2) is 0 Å². The van der Waals surface area contributed by atoms with E-state index in [1.165, 1.54) is 5.56 Å². The molecule has 0 fully saturated rings. The molecule has 0 aliphatic heterocycles. The van der Waals surface area contributed by atoms with E-state index in [4.69, 9.17) is 0 Å². The number of carbonyl (C=O) groups excluding carboxylic acids is 1. The van der Waals surface area contributed by atoms with Crippen LogP contribution in [0.15, 0.2) is 89.4 Å². The summed E-state index contributed by atoms with van der Waals surface area (Å²) in [6.45, 7) is 4.95. The lowest BCUT2D eigenvalue weighted by atomic mass is 10.1. The molecule has 0 saturated heterocycles. The number of unbranched alkanes of at least 4 members (excludes halogenated alkanes) is 1. The van der Waals surface area contributed by atoms with Gasteiger partial charge in [-0.2, -0.15) is 0 Å². The molecule has 3 aromatic carbocycles. The van der Waals surface area contributed by atoms with E-state index in [0.717, 1.165) is 45.5 Å². The predicted molar refractivity (Wildman–Crippen MR) is 136 cm³/mol. The number of nitrogens with zero attached hydrogens (tertiary/aromatic N) is 1.